The molecule has 124 valence electrons. The lowest BCUT2D eigenvalue weighted by Crippen LogP contribution is -2.48. The van der Waals surface area contributed by atoms with E-state index in [0.717, 1.165) is 5.56 Å². The molecule has 1 aromatic rings. The molecule has 0 N–H and O–H groups in total. The van der Waals surface area contributed by atoms with Gasteiger partial charge in [-0.25, -0.2) is 0 Å². The molecule has 4 aliphatic rings. The standard InChI is InChI=1S/C17H20O6/c1-17(2)22-14-12-10(19-16(14)23-17)8-18-15(21-12)13-11(20-13)9-6-4-3-5-7-9/h3-7,10-16H,8H2,1-2H3/t10-,11-,12+,13+,14-,15+,16-/m1/s1. The van der Waals surface area contributed by atoms with Gasteiger partial charge in [0.2, 0.25) is 0 Å². The van der Waals surface area contributed by atoms with Gasteiger partial charge in [0.15, 0.2) is 18.4 Å². The van der Waals surface area contributed by atoms with Crippen molar-refractivity contribution in [2.45, 2.75) is 62.7 Å². The summed E-state index contributed by atoms with van der Waals surface area (Å²) >= 11 is 0. The van der Waals surface area contributed by atoms with E-state index in [1.165, 1.54) is 0 Å². The summed E-state index contributed by atoms with van der Waals surface area (Å²) in [6, 6.07) is 10.1. The lowest BCUT2D eigenvalue weighted by molar-refractivity contribution is -0.285. The van der Waals surface area contributed by atoms with Crippen LogP contribution in [-0.4, -0.2) is 49.4 Å². The average Bonchev–Trinajstić information content (AvgIpc) is 3.19. The molecule has 23 heavy (non-hydrogen) atoms. The summed E-state index contributed by atoms with van der Waals surface area (Å²) in [6.07, 6.45) is -1.35. The zero-order chi connectivity index (χ0) is 15.6. The first-order valence-corrected chi connectivity index (χ1v) is 8.09. The van der Waals surface area contributed by atoms with Crippen LogP contribution in [0.25, 0.3) is 0 Å². The predicted molar refractivity (Wildman–Crippen MR) is 77.4 cm³/mol. The fraction of sp³-hybridized carbons (Fsp3) is 0.647. The number of epoxide rings is 1. The van der Waals surface area contributed by atoms with Crippen LogP contribution in [0.3, 0.4) is 0 Å². The first-order valence-electron chi connectivity index (χ1n) is 8.09. The van der Waals surface area contributed by atoms with Crippen molar-refractivity contribution in [2.24, 2.45) is 0 Å². The quantitative estimate of drug-likeness (QED) is 0.774. The second-order valence-electron chi connectivity index (χ2n) is 6.88. The number of rotatable bonds is 2. The van der Waals surface area contributed by atoms with Gasteiger partial charge < -0.3 is 28.4 Å². The van der Waals surface area contributed by atoms with E-state index >= 15 is 0 Å². The van der Waals surface area contributed by atoms with E-state index in [-0.39, 0.29) is 36.8 Å². The smallest absolute Gasteiger partial charge is 0.190 e. The van der Waals surface area contributed by atoms with Crippen LogP contribution >= 0.6 is 0 Å². The van der Waals surface area contributed by atoms with Gasteiger partial charge >= 0.3 is 0 Å². The van der Waals surface area contributed by atoms with E-state index in [2.05, 4.69) is 12.1 Å². The number of ether oxygens (including phenoxy) is 6. The zero-order valence-electron chi connectivity index (χ0n) is 13.1. The van der Waals surface area contributed by atoms with Crippen molar-refractivity contribution in [1.82, 2.24) is 0 Å². The lowest BCUT2D eigenvalue weighted by atomic mass is 10.1. The summed E-state index contributed by atoms with van der Waals surface area (Å²) in [4.78, 5) is 0. The van der Waals surface area contributed by atoms with E-state index in [1.54, 1.807) is 0 Å². The minimum atomic E-state index is -0.639. The van der Waals surface area contributed by atoms with Crippen LogP contribution in [0.2, 0.25) is 0 Å². The highest BCUT2D eigenvalue weighted by atomic mass is 16.9. The summed E-state index contributed by atoms with van der Waals surface area (Å²) in [5.41, 5.74) is 1.15. The number of hydrogen-bond donors (Lipinski definition) is 0. The lowest BCUT2D eigenvalue weighted by Gasteiger charge is -2.33. The Balaban J connectivity index is 1.27. The van der Waals surface area contributed by atoms with Gasteiger partial charge in [0.05, 0.1) is 6.61 Å². The Morgan fingerprint density at radius 2 is 1.70 bits per heavy atom. The van der Waals surface area contributed by atoms with E-state index in [9.17, 15) is 0 Å². The highest BCUT2D eigenvalue weighted by Crippen LogP contribution is 2.46. The second-order valence-corrected chi connectivity index (χ2v) is 6.88. The summed E-state index contributed by atoms with van der Waals surface area (Å²) in [5, 5.41) is 0. The van der Waals surface area contributed by atoms with Gasteiger partial charge in [0, 0.05) is 0 Å². The van der Waals surface area contributed by atoms with Crippen LogP contribution in [0, 0.1) is 0 Å². The molecule has 0 spiro atoms. The van der Waals surface area contributed by atoms with Gasteiger partial charge in [-0.15, -0.1) is 0 Å². The maximum absolute atomic E-state index is 6.12. The molecule has 0 radical (unpaired) electrons. The number of fused-ring (bicyclic) bond motifs is 3. The molecular formula is C17H20O6. The predicted octanol–water partition coefficient (Wildman–Crippen LogP) is 1.74. The average molecular weight is 320 g/mol. The molecule has 6 nitrogen and oxygen atoms in total. The third kappa shape index (κ3) is 2.41. The van der Waals surface area contributed by atoms with Crippen LogP contribution in [-0.2, 0) is 28.4 Å². The molecular weight excluding hydrogens is 300 g/mol. The Labute approximate surface area is 134 Å². The molecule has 4 saturated heterocycles. The maximum Gasteiger partial charge on any atom is 0.190 e. The summed E-state index contributed by atoms with van der Waals surface area (Å²) in [7, 11) is 0. The van der Waals surface area contributed by atoms with Crippen molar-refractivity contribution in [3.63, 3.8) is 0 Å². The number of hydrogen-bond acceptors (Lipinski definition) is 6. The molecule has 0 aliphatic carbocycles. The van der Waals surface area contributed by atoms with Crippen molar-refractivity contribution >= 4 is 0 Å². The molecule has 0 amide bonds. The fourth-order valence-corrected chi connectivity index (χ4v) is 3.64. The van der Waals surface area contributed by atoms with Crippen molar-refractivity contribution < 1.29 is 28.4 Å². The van der Waals surface area contributed by atoms with Gasteiger partial charge in [-0.05, 0) is 19.4 Å². The highest BCUT2D eigenvalue weighted by Gasteiger charge is 2.60. The Morgan fingerprint density at radius 3 is 2.52 bits per heavy atom. The molecule has 7 atom stereocenters. The third-order valence-corrected chi connectivity index (χ3v) is 4.73. The molecule has 0 unspecified atom stereocenters. The van der Waals surface area contributed by atoms with Crippen molar-refractivity contribution in [3.8, 4) is 0 Å². The maximum atomic E-state index is 6.12. The van der Waals surface area contributed by atoms with Crippen LogP contribution in [0.5, 0.6) is 0 Å². The van der Waals surface area contributed by atoms with Crippen molar-refractivity contribution in [3.05, 3.63) is 35.9 Å². The molecule has 6 heteroatoms. The molecule has 5 rings (SSSR count). The Hall–Kier alpha value is -1.02. The van der Waals surface area contributed by atoms with E-state index < -0.39 is 12.1 Å². The molecule has 0 saturated carbocycles. The largest absolute Gasteiger partial charge is 0.359 e. The first-order chi connectivity index (χ1) is 11.1. The zero-order valence-corrected chi connectivity index (χ0v) is 13.1. The SMILES string of the molecule is CC1(C)O[C@H]2O[C@@H]3CO[C@H]([C@H]4O[C@@H]4c4ccccc4)O[C@@H]3[C@H]2O1. The van der Waals surface area contributed by atoms with E-state index in [0.29, 0.717) is 6.61 Å². The van der Waals surface area contributed by atoms with Gasteiger partial charge in [0.1, 0.15) is 30.5 Å². The summed E-state index contributed by atoms with van der Waals surface area (Å²) < 4.78 is 35.2. The summed E-state index contributed by atoms with van der Waals surface area (Å²) in [6.45, 7) is 4.24. The van der Waals surface area contributed by atoms with Gasteiger partial charge in [0.25, 0.3) is 0 Å². The van der Waals surface area contributed by atoms with Crippen molar-refractivity contribution in [2.75, 3.05) is 6.61 Å². The normalized spacial score (nSPS) is 47.1. The Morgan fingerprint density at radius 1 is 0.870 bits per heavy atom. The van der Waals surface area contributed by atoms with Crippen LogP contribution < -0.4 is 0 Å². The molecule has 4 fully saturated rings. The van der Waals surface area contributed by atoms with Crippen LogP contribution in [0.15, 0.2) is 30.3 Å². The highest BCUT2D eigenvalue weighted by molar-refractivity contribution is 5.22. The van der Waals surface area contributed by atoms with Crippen LogP contribution in [0.1, 0.15) is 25.5 Å². The van der Waals surface area contributed by atoms with Gasteiger partial charge in [-0.1, -0.05) is 30.3 Å². The Bertz CT molecular complexity index is 590. The monoisotopic (exact) mass is 320 g/mol. The summed E-state index contributed by atoms with van der Waals surface area (Å²) in [5.74, 6) is -0.639. The molecule has 0 aromatic heterocycles. The molecule has 4 heterocycles. The molecule has 4 aliphatic heterocycles. The minimum absolute atomic E-state index is 0.0352. The van der Waals surface area contributed by atoms with Crippen molar-refractivity contribution in [1.29, 1.82) is 0 Å². The Kier molecular flexibility index (Phi) is 3.11. The van der Waals surface area contributed by atoms with E-state index in [1.807, 2.05) is 32.0 Å². The molecule has 1 aromatic carbocycles. The topological polar surface area (TPSA) is 58.7 Å². The second kappa shape index (κ2) is 4.99. The first kappa shape index (κ1) is 14.3. The van der Waals surface area contributed by atoms with E-state index in [4.69, 9.17) is 28.4 Å². The van der Waals surface area contributed by atoms with Gasteiger partial charge in [-0.3, -0.25) is 0 Å². The minimum Gasteiger partial charge on any atom is -0.359 e. The van der Waals surface area contributed by atoms with Gasteiger partial charge in [-0.2, -0.15) is 0 Å². The van der Waals surface area contributed by atoms with Crippen LogP contribution in [0.4, 0.5) is 0 Å². The third-order valence-electron chi connectivity index (χ3n) is 4.73. The number of benzene rings is 1. The molecule has 0 bridgehead atoms. The fourth-order valence-electron chi connectivity index (χ4n) is 3.64.